The molecule has 2 saturated heterocycles. The number of hydrogen-bond donors (Lipinski definition) is 0. The van der Waals surface area contributed by atoms with Gasteiger partial charge in [-0.3, -0.25) is 9.59 Å². The molecule has 392 valence electrons. The first-order valence-corrected chi connectivity index (χ1v) is 26.7. The number of benzene rings is 6. The van der Waals surface area contributed by atoms with Gasteiger partial charge in [0, 0.05) is 13.0 Å². The first kappa shape index (κ1) is 59.6. The first-order chi connectivity index (χ1) is 36.0. The molecule has 73 heavy (non-hydrogen) atoms. The largest absolute Gasteiger partial charge is 0.469 e. The highest BCUT2D eigenvalue weighted by Gasteiger charge is 2.49. The van der Waals surface area contributed by atoms with Crippen LogP contribution in [-0.4, -0.2) is 61.0 Å². The van der Waals surface area contributed by atoms with Crippen molar-refractivity contribution < 1.29 is 38.0 Å². The van der Waals surface area contributed by atoms with Crippen molar-refractivity contribution in [3.8, 4) is 0 Å². The van der Waals surface area contributed by atoms with E-state index in [1.807, 2.05) is 180 Å². The number of likely N-dealkylation sites (tertiary alicyclic amines) is 1. The van der Waals surface area contributed by atoms with Gasteiger partial charge in [-0.2, -0.15) is 0 Å². The van der Waals surface area contributed by atoms with Crippen LogP contribution in [0.1, 0.15) is 120 Å². The van der Waals surface area contributed by atoms with Crippen LogP contribution in [0.4, 0.5) is 0 Å². The van der Waals surface area contributed by atoms with Gasteiger partial charge in [0.15, 0.2) is 0 Å². The fourth-order valence-electron chi connectivity index (χ4n) is 8.82. The first-order valence-electron chi connectivity index (χ1n) is 26.7. The molecular formula is C64H83NO8. The van der Waals surface area contributed by atoms with Gasteiger partial charge in [-0.15, -0.1) is 0 Å². The molecule has 0 bridgehead atoms. The van der Waals surface area contributed by atoms with Gasteiger partial charge >= 0.3 is 5.97 Å². The van der Waals surface area contributed by atoms with Crippen molar-refractivity contribution in [1.29, 1.82) is 0 Å². The molecule has 0 radical (unpaired) electrons. The molecule has 0 N–H and O–H groups in total. The van der Waals surface area contributed by atoms with E-state index in [9.17, 15) is 9.59 Å². The molecule has 9 heteroatoms. The Morgan fingerprint density at radius 2 is 0.904 bits per heavy atom. The predicted molar refractivity (Wildman–Crippen MR) is 294 cm³/mol. The Morgan fingerprint density at radius 3 is 1.34 bits per heavy atom. The van der Waals surface area contributed by atoms with Crippen molar-refractivity contribution in [3.63, 3.8) is 0 Å². The molecule has 8 rings (SSSR count). The number of carbonyl (C=O) groups excluding carboxylic acids is 2. The second kappa shape index (κ2) is 35.3. The zero-order chi connectivity index (χ0) is 52.5. The van der Waals surface area contributed by atoms with Gasteiger partial charge in [0.25, 0.3) is 0 Å². The summed E-state index contributed by atoms with van der Waals surface area (Å²) in [6.45, 7) is 17.1. The lowest BCUT2D eigenvalue weighted by Gasteiger charge is -2.47. The Bertz CT molecular complexity index is 2300. The van der Waals surface area contributed by atoms with Crippen LogP contribution >= 0.6 is 0 Å². The number of methoxy groups -OCH3 is 1. The molecule has 0 saturated carbocycles. The van der Waals surface area contributed by atoms with Crippen molar-refractivity contribution in [2.75, 3.05) is 13.7 Å². The van der Waals surface area contributed by atoms with E-state index in [-0.39, 0.29) is 54.7 Å². The van der Waals surface area contributed by atoms with E-state index in [4.69, 9.17) is 28.4 Å². The summed E-state index contributed by atoms with van der Waals surface area (Å²) in [5.41, 5.74) is 6.68. The van der Waals surface area contributed by atoms with Crippen LogP contribution < -0.4 is 0 Å². The average Bonchev–Trinajstić information content (AvgIpc) is 3.47. The van der Waals surface area contributed by atoms with Gasteiger partial charge in [0.1, 0.15) is 24.4 Å². The summed E-state index contributed by atoms with van der Waals surface area (Å²) in [5.74, 6) is -0.317. The van der Waals surface area contributed by atoms with Crippen molar-refractivity contribution >= 4 is 11.9 Å². The second-order valence-electron chi connectivity index (χ2n) is 17.2. The third-order valence-corrected chi connectivity index (χ3v) is 12.4. The maximum atomic E-state index is 12.6. The van der Waals surface area contributed by atoms with Crippen molar-refractivity contribution in [1.82, 2.24) is 4.90 Å². The Labute approximate surface area is 438 Å². The van der Waals surface area contributed by atoms with E-state index < -0.39 is 6.10 Å². The number of esters is 1. The molecule has 2 aliphatic heterocycles. The van der Waals surface area contributed by atoms with Crippen LogP contribution in [-0.2, 0) is 71.0 Å². The molecule has 0 aromatic heterocycles. The van der Waals surface area contributed by atoms with Crippen LogP contribution in [0.2, 0.25) is 0 Å². The Morgan fingerprint density at radius 1 is 0.507 bits per heavy atom. The summed E-state index contributed by atoms with van der Waals surface area (Å²) in [4.78, 5) is 26.0. The number of unbranched alkanes of at least 4 members (excludes halogenated alkanes) is 1. The quantitative estimate of drug-likeness (QED) is 0.0491. The van der Waals surface area contributed by atoms with Crippen molar-refractivity contribution in [2.24, 2.45) is 5.92 Å². The smallest absolute Gasteiger partial charge is 0.305 e. The number of hydrogen-bond acceptors (Lipinski definition) is 8. The van der Waals surface area contributed by atoms with E-state index in [0.29, 0.717) is 46.0 Å². The molecule has 0 aliphatic carbocycles. The maximum Gasteiger partial charge on any atom is 0.305 e. The lowest BCUT2D eigenvalue weighted by Crippen LogP contribution is -2.61. The van der Waals surface area contributed by atoms with Crippen molar-refractivity contribution in [2.45, 2.75) is 150 Å². The van der Waals surface area contributed by atoms with Gasteiger partial charge in [-0.1, -0.05) is 243 Å². The van der Waals surface area contributed by atoms with Crippen molar-refractivity contribution in [3.05, 3.63) is 215 Å². The molecule has 0 unspecified atom stereocenters. The zero-order valence-corrected chi connectivity index (χ0v) is 44.9. The van der Waals surface area contributed by atoms with Gasteiger partial charge in [0.2, 0.25) is 5.91 Å². The number of nitrogens with zero attached hydrogens (tertiary/aromatic N) is 1. The van der Waals surface area contributed by atoms with Crippen LogP contribution in [0, 0.1) is 5.92 Å². The molecule has 7 atom stereocenters. The van der Waals surface area contributed by atoms with Crippen LogP contribution in [0.5, 0.6) is 0 Å². The normalized spacial score (nSPS) is 19.6. The van der Waals surface area contributed by atoms with Gasteiger partial charge in [-0.05, 0) is 46.2 Å². The van der Waals surface area contributed by atoms with Crippen LogP contribution in [0.25, 0.3) is 0 Å². The monoisotopic (exact) mass is 994 g/mol. The van der Waals surface area contributed by atoms with E-state index in [1.54, 1.807) is 0 Å². The molecule has 2 fully saturated rings. The number of rotatable bonds is 22. The molecule has 0 spiro atoms. The van der Waals surface area contributed by atoms with Gasteiger partial charge < -0.3 is 33.3 Å². The number of amides is 1. The summed E-state index contributed by atoms with van der Waals surface area (Å²) < 4.78 is 38.0. The SMILES string of the molecule is CC.CC.CC.CCCC[C@@H]1O[C@H](COCc2ccccc2)[C@@H](OCc2ccccc2)[C@H](OCc2ccccc2)[C@H]1OCc1ccccc1.COC(=O)CC[C@H]1C(=O)N(Cc2ccccc2)[C@@H]1c1ccccc1. The lowest BCUT2D eigenvalue weighted by molar-refractivity contribution is -0.273. The summed E-state index contributed by atoms with van der Waals surface area (Å²) in [6.07, 6.45) is 2.28. The van der Waals surface area contributed by atoms with E-state index in [0.717, 1.165) is 52.6 Å². The summed E-state index contributed by atoms with van der Waals surface area (Å²) in [5, 5.41) is 0. The topological polar surface area (TPSA) is 92.8 Å². The minimum absolute atomic E-state index is 0.0172. The molecular weight excluding hydrogens is 911 g/mol. The number of carbonyl (C=O) groups is 2. The number of ether oxygens (including phenoxy) is 6. The van der Waals surface area contributed by atoms with Crippen LogP contribution in [0.15, 0.2) is 182 Å². The highest BCUT2D eigenvalue weighted by molar-refractivity contribution is 5.87. The highest BCUT2D eigenvalue weighted by atomic mass is 16.6. The predicted octanol–water partition coefficient (Wildman–Crippen LogP) is 14.3. The molecule has 2 aliphatic rings. The third kappa shape index (κ3) is 19.4. The summed E-state index contributed by atoms with van der Waals surface area (Å²) in [7, 11) is 1.38. The lowest BCUT2D eigenvalue weighted by atomic mass is 9.79. The maximum absolute atomic E-state index is 12.6. The standard InChI is InChI=1S/C38H44O5.C20H21NO3.3C2H6/c1-2-3-24-34-36(40-26-31-18-10-5-11-19-31)38(42-28-33-22-14-7-15-23-33)37(41-27-32-20-12-6-13-21-32)35(43-34)29-39-25-30-16-8-4-9-17-30;1-24-18(22)13-12-17-19(16-10-6-3-7-11-16)21(20(17)23)14-15-8-4-2-5-9-15;3*1-2/h4-23,34-38H,2-3,24-29H2,1H3;2-11,17,19H,12-14H2,1H3;3*1-2H3/t34-,35+,36-,37+,38+;17-,19-;;;/m01.../s1. The summed E-state index contributed by atoms with van der Waals surface area (Å²) >= 11 is 0. The Kier molecular flexibility index (Phi) is 28.8. The minimum atomic E-state index is -0.390. The molecule has 6 aromatic carbocycles. The Hall–Kier alpha value is -5.94. The zero-order valence-electron chi connectivity index (χ0n) is 44.9. The van der Waals surface area contributed by atoms with E-state index >= 15 is 0 Å². The number of β-lactam (4-membered cyclic amide) rings is 1. The third-order valence-electron chi connectivity index (χ3n) is 12.4. The molecule has 9 nitrogen and oxygen atoms in total. The second-order valence-corrected chi connectivity index (χ2v) is 17.2. The van der Waals surface area contributed by atoms with E-state index in [1.165, 1.54) is 7.11 Å². The fraction of sp³-hybridized carbons (Fsp3) is 0.406. The summed E-state index contributed by atoms with van der Waals surface area (Å²) in [6, 6.07) is 61.1. The fourth-order valence-corrected chi connectivity index (χ4v) is 8.82. The minimum Gasteiger partial charge on any atom is -0.469 e. The van der Waals surface area contributed by atoms with Crippen LogP contribution in [0.3, 0.4) is 0 Å². The van der Waals surface area contributed by atoms with Gasteiger partial charge in [-0.25, -0.2) is 0 Å². The van der Waals surface area contributed by atoms with Gasteiger partial charge in [0.05, 0.1) is 58.2 Å². The molecule has 6 aromatic rings. The average molecular weight is 994 g/mol. The molecule has 2 heterocycles. The van der Waals surface area contributed by atoms with E-state index in [2.05, 4.69) is 55.5 Å². The Balaban J connectivity index is 0.000000325. The molecule has 1 amide bonds. The highest BCUT2D eigenvalue weighted by Crippen LogP contribution is 2.43.